The largest absolute Gasteiger partial charge is 0.358 e. The summed E-state index contributed by atoms with van der Waals surface area (Å²) in [4.78, 5) is 21.8. The average Bonchev–Trinajstić information content (AvgIpc) is 2.89. The maximum absolute atomic E-state index is 12.6. The molecule has 2 heterocycles. The van der Waals surface area contributed by atoms with Crippen molar-refractivity contribution in [3.05, 3.63) is 65.1 Å². The number of carbonyl (C=O) groups is 1. The van der Waals surface area contributed by atoms with Crippen molar-refractivity contribution in [3.63, 3.8) is 0 Å². The number of amides is 1. The molecule has 1 N–H and O–H groups in total. The molecular weight excluding hydrogens is 298 g/mol. The number of likely N-dealkylation sites (N-methyl/N-ethyl adjacent to an activating group) is 1. The summed E-state index contributed by atoms with van der Waals surface area (Å²) >= 11 is 0. The molecule has 0 atom stereocenters. The normalized spacial score (nSPS) is 11.0. The van der Waals surface area contributed by atoms with Crippen molar-refractivity contribution in [2.45, 2.75) is 26.7 Å². The number of aromatic nitrogens is 2. The number of hydrogen-bond donors (Lipinski definition) is 1. The van der Waals surface area contributed by atoms with Gasteiger partial charge in [-0.15, -0.1) is 0 Å². The van der Waals surface area contributed by atoms with Gasteiger partial charge in [0.2, 0.25) is 5.91 Å². The Bertz CT molecular complexity index is 852. The van der Waals surface area contributed by atoms with Gasteiger partial charge in [0.05, 0.1) is 6.42 Å². The second-order valence-corrected chi connectivity index (χ2v) is 6.38. The van der Waals surface area contributed by atoms with Crippen molar-refractivity contribution in [1.29, 1.82) is 0 Å². The van der Waals surface area contributed by atoms with E-state index in [1.165, 1.54) is 11.1 Å². The third-order valence-electron chi connectivity index (χ3n) is 4.51. The molecule has 3 aromatic rings. The summed E-state index contributed by atoms with van der Waals surface area (Å²) in [6, 6.07) is 10.3. The minimum absolute atomic E-state index is 0.148. The Hall–Kier alpha value is -2.62. The van der Waals surface area contributed by atoms with Crippen molar-refractivity contribution >= 4 is 16.8 Å². The van der Waals surface area contributed by atoms with Crippen LogP contribution in [0.25, 0.3) is 10.9 Å². The van der Waals surface area contributed by atoms with Gasteiger partial charge in [0.25, 0.3) is 0 Å². The highest BCUT2D eigenvalue weighted by atomic mass is 16.2. The van der Waals surface area contributed by atoms with Gasteiger partial charge < -0.3 is 9.88 Å². The molecule has 0 aliphatic rings. The van der Waals surface area contributed by atoms with Crippen LogP contribution < -0.4 is 0 Å². The number of aromatic amines is 1. The first-order valence-electron chi connectivity index (χ1n) is 8.25. The van der Waals surface area contributed by atoms with Crippen LogP contribution in [-0.2, 0) is 17.6 Å². The Morgan fingerprint density at radius 2 is 1.92 bits per heavy atom. The lowest BCUT2D eigenvalue weighted by atomic mass is 10.1. The molecule has 4 nitrogen and oxygen atoms in total. The first-order chi connectivity index (χ1) is 11.5. The second kappa shape index (κ2) is 6.87. The SMILES string of the molecule is Cc1ccc2[nH]c(C)c(CC(=O)N(C)CCc3ccncc3)c2c1. The van der Waals surface area contributed by atoms with E-state index in [1.54, 1.807) is 12.4 Å². The molecule has 1 amide bonds. The van der Waals surface area contributed by atoms with Gasteiger partial charge >= 0.3 is 0 Å². The first kappa shape index (κ1) is 16.2. The van der Waals surface area contributed by atoms with Gasteiger partial charge in [-0.05, 0) is 55.7 Å². The van der Waals surface area contributed by atoms with Gasteiger partial charge in [-0.2, -0.15) is 0 Å². The zero-order chi connectivity index (χ0) is 17.1. The fraction of sp³-hybridized carbons (Fsp3) is 0.300. The number of carbonyl (C=O) groups excluding carboxylic acids is 1. The summed E-state index contributed by atoms with van der Waals surface area (Å²) < 4.78 is 0. The molecule has 4 heteroatoms. The zero-order valence-corrected chi connectivity index (χ0v) is 14.5. The van der Waals surface area contributed by atoms with E-state index in [0.29, 0.717) is 13.0 Å². The molecule has 0 aliphatic heterocycles. The summed E-state index contributed by atoms with van der Waals surface area (Å²) in [7, 11) is 1.87. The molecule has 24 heavy (non-hydrogen) atoms. The van der Waals surface area contributed by atoms with E-state index in [4.69, 9.17) is 0 Å². The van der Waals surface area contributed by atoms with E-state index in [1.807, 2.05) is 31.0 Å². The molecule has 0 aliphatic carbocycles. The number of aryl methyl sites for hydroxylation is 2. The third kappa shape index (κ3) is 3.48. The van der Waals surface area contributed by atoms with Crippen LogP contribution >= 0.6 is 0 Å². The molecule has 0 fully saturated rings. The smallest absolute Gasteiger partial charge is 0.226 e. The summed E-state index contributed by atoms with van der Waals surface area (Å²) in [5.41, 5.74) is 5.69. The average molecular weight is 321 g/mol. The van der Waals surface area contributed by atoms with E-state index >= 15 is 0 Å². The molecule has 0 saturated heterocycles. The quantitative estimate of drug-likeness (QED) is 0.783. The van der Waals surface area contributed by atoms with E-state index in [-0.39, 0.29) is 5.91 Å². The fourth-order valence-corrected chi connectivity index (χ4v) is 2.98. The highest BCUT2D eigenvalue weighted by Gasteiger charge is 2.15. The second-order valence-electron chi connectivity index (χ2n) is 6.38. The van der Waals surface area contributed by atoms with Gasteiger partial charge in [0, 0.05) is 42.6 Å². The van der Waals surface area contributed by atoms with Crippen LogP contribution in [0.1, 0.15) is 22.4 Å². The van der Waals surface area contributed by atoms with Gasteiger partial charge in [-0.3, -0.25) is 9.78 Å². The molecule has 124 valence electrons. The lowest BCUT2D eigenvalue weighted by Gasteiger charge is -2.17. The van der Waals surface area contributed by atoms with Crippen molar-refractivity contribution in [3.8, 4) is 0 Å². The lowest BCUT2D eigenvalue weighted by molar-refractivity contribution is -0.129. The third-order valence-corrected chi connectivity index (χ3v) is 4.51. The molecule has 0 bridgehead atoms. The topological polar surface area (TPSA) is 49.0 Å². The molecule has 0 unspecified atom stereocenters. The predicted octanol–water partition coefficient (Wildman–Crippen LogP) is 3.42. The maximum atomic E-state index is 12.6. The van der Waals surface area contributed by atoms with Gasteiger partial charge in [-0.1, -0.05) is 11.6 Å². The number of fused-ring (bicyclic) bond motifs is 1. The monoisotopic (exact) mass is 321 g/mol. The summed E-state index contributed by atoms with van der Waals surface area (Å²) in [6.07, 6.45) is 4.85. The van der Waals surface area contributed by atoms with E-state index in [2.05, 4.69) is 35.1 Å². The lowest BCUT2D eigenvalue weighted by Crippen LogP contribution is -2.30. The Labute approximate surface area is 142 Å². The molecular formula is C20H23N3O. The van der Waals surface area contributed by atoms with Gasteiger partial charge in [-0.25, -0.2) is 0 Å². The number of rotatable bonds is 5. The number of nitrogens with zero attached hydrogens (tertiary/aromatic N) is 2. The Morgan fingerprint density at radius 1 is 1.17 bits per heavy atom. The van der Waals surface area contributed by atoms with Crippen LogP contribution in [0.3, 0.4) is 0 Å². The van der Waals surface area contributed by atoms with Crippen LogP contribution in [0.15, 0.2) is 42.7 Å². The van der Waals surface area contributed by atoms with Gasteiger partial charge in [0.1, 0.15) is 0 Å². The highest BCUT2D eigenvalue weighted by molar-refractivity contribution is 5.90. The number of H-pyrrole nitrogens is 1. The van der Waals surface area contributed by atoms with Crippen molar-refractivity contribution in [2.75, 3.05) is 13.6 Å². The molecule has 0 spiro atoms. The van der Waals surface area contributed by atoms with E-state index < -0.39 is 0 Å². The summed E-state index contributed by atoms with van der Waals surface area (Å²) in [6.45, 7) is 4.83. The standard InChI is InChI=1S/C20H23N3O/c1-14-4-5-19-18(12-14)17(15(2)22-19)13-20(24)23(3)11-8-16-6-9-21-10-7-16/h4-7,9-10,12,22H,8,11,13H2,1-3H3. The Kier molecular flexibility index (Phi) is 4.65. The Morgan fingerprint density at radius 3 is 2.67 bits per heavy atom. The molecule has 2 aromatic heterocycles. The zero-order valence-electron chi connectivity index (χ0n) is 14.5. The van der Waals surface area contributed by atoms with Crippen LogP contribution in [0, 0.1) is 13.8 Å². The molecule has 0 saturated carbocycles. The summed E-state index contributed by atoms with van der Waals surface area (Å²) in [5, 5.41) is 1.16. The van der Waals surface area contributed by atoms with Crippen LogP contribution in [-0.4, -0.2) is 34.4 Å². The predicted molar refractivity (Wildman–Crippen MR) is 97.1 cm³/mol. The van der Waals surface area contributed by atoms with Crippen LogP contribution in [0.2, 0.25) is 0 Å². The minimum Gasteiger partial charge on any atom is -0.358 e. The van der Waals surface area contributed by atoms with E-state index in [9.17, 15) is 4.79 Å². The maximum Gasteiger partial charge on any atom is 0.226 e. The van der Waals surface area contributed by atoms with Crippen LogP contribution in [0.5, 0.6) is 0 Å². The number of hydrogen-bond acceptors (Lipinski definition) is 2. The number of benzene rings is 1. The van der Waals surface area contributed by atoms with Crippen molar-refractivity contribution < 1.29 is 4.79 Å². The van der Waals surface area contributed by atoms with Crippen molar-refractivity contribution in [2.24, 2.45) is 0 Å². The molecule has 3 rings (SSSR count). The van der Waals surface area contributed by atoms with E-state index in [0.717, 1.165) is 28.6 Å². The number of pyridine rings is 1. The molecule has 1 aromatic carbocycles. The fourth-order valence-electron chi connectivity index (χ4n) is 2.98. The highest BCUT2D eigenvalue weighted by Crippen LogP contribution is 2.24. The van der Waals surface area contributed by atoms with Crippen LogP contribution in [0.4, 0.5) is 0 Å². The number of nitrogens with one attached hydrogen (secondary N) is 1. The molecule has 0 radical (unpaired) electrons. The first-order valence-corrected chi connectivity index (χ1v) is 8.25. The van der Waals surface area contributed by atoms with Gasteiger partial charge in [0.15, 0.2) is 0 Å². The summed E-state index contributed by atoms with van der Waals surface area (Å²) in [5.74, 6) is 0.148. The Balaban J connectivity index is 1.70. The minimum atomic E-state index is 0.148. The van der Waals surface area contributed by atoms with Crippen molar-refractivity contribution in [1.82, 2.24) is 14.9 Å².